The van der Waals surface area contributed by atoms with Crippen molar-refractivity contribution < 1.29 is 19.3 Å². The van der Waals surface area contributed by atoms with Crippen molar-refractivity contribution in [3.05, 3.63) is 0 Å². The second-order valence-electron chi connectivity index (χ2n) is 4.68. The van der Waals surface area contributed by atoms with Gasteiger partial charge in [0, 0.05) is 26.2 Å². The molecule has 0 bridgehead atoms. The van der Waals surface area contributed by atoms with Crippen molar-refractivity contribution >= 4 is 0 Å². The fourth-order valence-corrected chi connectivity index (χ4v) is 1.78. The molecule has 0 aromatic rings. The lowest BCUT2D eigenvalue weighted by Gasteiger charge is -2.36. The maximum atomic E-state index is 9.02. The number of ether oxygens (including phenoxy) is 3. The van der Waals surface area contributed by atoms with E-state index in [9.17, 15) is 0 Å². The average Bonchev–Trinajstić information content (AvgIpc) is 2.23. The molecule has 0 aliphatic rings. The van der Waals surface area contributed by atoms with Gasteiger partial charge in [-0.2, -0.15) is 0 Å². The first-order valence-corrected chi connectivity index (χ1v) is 5.74. The first-order valence-electron chi connectivity index (χ1n) is 5.74. The van der Waals surface area contributed by atoms with Crippen molar-refractivity contribution in [3.8, 4) is 0 Å². The van der Waals surface area contributed by atoms with Gasteiger partial charge in [-0.15, -0.1) is 0 Å². The zero-order valence-electron chi connectivity index (χ0n) is 11.2. The van der Waals surface area contributed by atoms with Crippen molar-refractivity contribution in [2.24, 2.45) is 5.41 Å². The molecule has 0 spiro atoms. The molecule has 0 aliphatic carbocycles. The van der Waals surface area contributed by atoms with E-state index in [1.807, 2.05) is 13.8 Å². The van der Waals surface area contributed by atoms with Gasteiger partial charge in [0.1, 0.15) is 0 Å². The molecule has 0 aromatic heterocycles. The van der Waals surface area contributed by atoms with Gasteiger partial charge < -0.3 is 19.3 Å². The molecule has 4 heteroatoms. The van der Waals surface area contributed by atoms with Crippen molar-refractivity contribution in [2.45, 2.75) is 39.4 Å². The van der Waals surface area contributed by atoms with E-state index in [2.05, 4.69) is 6.92 Å². The summed E-state index contributed by atoms with van der Waals surface area (Å²) in [6.45, 7) is 7.29. The lowest BCUT2D eigenvalue weighted by Crippen LogP contribution is -2.43. The number of aliphatic hydroxyl groups is 1. The highest BCUT2D eigenvalue weighted by Gasteiger charge is 2.35. The van der Waals surface area contributed by atoms with Gasteiger partial charge in [-0.1, -0.05) is 6.92 Å². The molecule has 0 saturated carbocycles. The average molecular weight is 234 g/mol. The van der Waals surface area contributed by atoms with E-state index >= 15 is 0 Å². The summed E-state index contributed by atoms with van der Waals surface area (Å²) in [5.41, 5.74) is -0.226. The van der Waals surface area contributed by atoms with Crippen LogP contribution in [-0.4, -0.2) is 51.4 Å². The standard InChI is InChI=1S/C12H26O4/c1-10(2)16-9-12(3,8-14-4)11(15-5)6-7-13/h10-11,13H,6-9H2,1-5H3. The molecule has 1 N–H and O–H groups in total. The maximum absolute atomic E-state index is 9.02. The lowest BCUT2D eigenvalue weighted by atomic mass is 9.84. The highest BCUT2D eigenvalue weighted by atomic mass is 16.5. The number of hydrogen-bond donors (Lipinski definition) is 1. The monoisotopic (exact) mass is 234 g/mol. The Morgan fingerprint density at radius 1 is 1.19 bits per heavy atom. The molecule has 2 unspecified atom stereocenters. The molecule has 98 valence electrons. The Kier molecular flexibility index (Phi) is 7.93. The summed E-state index contributed by atoms with van der Waals surface area (Å²) in [6.07, 6.45) is 0.719. The van der Waals surface area contributed by atoms with Crippen LogP contribution in [-0.2, 0) is 14.2 Å². The van der Waals surface area contributed by atoms with Crippen molar-refractivity contribution in [1.82, 2.24) is 0 Å². The SMILES string of the molecule is COCC(C)(COC(C)C)C(CCO)OC. The number of methoxy groups -OCH3 is 2. The zero-order chi connectivity index (χ0) is 12.6. The van der Waals surface area contributed by atoms with Crippen LogP contribution < -0.4 is 0 Å². The third-order valence-corrected chi connectivity index (χ3v) is 2.67. The minimum atomic E-state index is -0.226. The molecule has 2 atom stereocenters. The number of hydrogen-bond acceptors (Lipinski definition) is 4. The minimum Gasteiger partial charge on any atom is -0.396 e. The molecule has 0 aliphatic heterocycles. The summed E-state index contributed by atoms with van der Waals surface area (Å²) >= 11 is 0. The van der Waals surface area contributed by atoms with Crippen LogP contribution in [0, 0.1) is 5.41 Å². The van der Waals surface area contributed by atoms with Gasteiger partial charge in [-0.25, -0.2) is 0 Å². The molecule has 4 nitrogen and oxygen atoms in total. The Morgan fingerprint density at radius 2 is 1.81 bits per heavy atom. The Morgan fingerprint density at radius 3 is 2.19 bits per heavy atom. The van der Waals surface area contributed by atoms with E-state index in [-0.39, 0.29) is 24.2 Å². The molecule has 0 aromatic carbocycles. The summed E-state index contributed by atoms with van der Waals surface area (Å²) in [4.78, 5) is 0. The number of rotatable bonds is 9. The third-order valence-electron chi connectivity index (χ3n) is 2.67. The van der Waals surface area contributed by atoms with E-state index in [4.69, 9.17) is 19.3 Å². The number of aliphatic hydroxyl groups excluding tert-OH is 1. The molecule has 0 fully saturated rings. The van der Waals surface area contributed by atoms with E-state index < -0.39 is 0 Å². The molecule has 0 heterocycles. The van der Waals surface area contributed by atoms with Gasteiger partial charge in [0.15, 0.2) is 0 Å². The van der Waals surface area contributed by atoms with Gasteiger partial charge in [0.05, 0.1) is 25.4 Å². The van der Waals surface area contributed by atoms with E-state index in [1.165, 1.54) is 0 Å². The third kappa shape index (κ3) is 5.25. The highest BCUT2D eigenvalue weighted by molar-refractivity contribution is 4.83. The second kappa shape index (κ2) is 8.01. The van der Waals surface area contributed by atoms with Crippen LogP contribution in [0.5, 0.6) is 0 Å². The van der Waals surface area contributed by atoms with Gasteiger partial charge in [0.2, 0.25) is 0 Å². The van der Waals surface area contributed by atoms with Gasteiger partial charge in [0.25, 0.3) is 0 Å². The Labute approximate surface area is 98.9 Å². The second-order valence-corrected chi connectivity index (χ2v) is 4.68. The van der Waals surface area contributed by atoms with Crippen molar-refractivity contribution in [2.75, 3.05) is 34.0 Å². The van der Waals surface area contributed by atoms with Gasteiger partial charge in [-0.05, 0) is 20.3 Å². The minimum absolute atomic E-state index is 0.0591. The normalized spacial score (nSPS) is 17.4. The van der Waals surface area contributed by atoms with E-state index in [0.717, 1.165) is 0 Å². The first-order chi connectivity index (χ1) is 7.50. The van der Waals surface area contributed by atoms with E-state index in [0.29, 0.717) is 19.6 Å². The van der Waals surface area contributed by atoms with Crippen LogP contribution in [0.4, 0.5) is 0 Å². The van der Waals surface area contributed by atoms with Crippen molar-refractivity contribution in [3.63, 3.8) is 0 Å². The van der Waals surface area contributed by atoms with Gasteiger partial charge in [-0.3, -0.25) is 0 Å². The molecular formula is C12H26O4. The largest absolute Gasteiger partial charge is 0.396 e. The predicted octanol–water partition coefficient (Wildman–Crippen LogP) is 1.46. The molecule has 0 saturated heterocycles. The quantitative estimate of drug-likeness (QED) is 0.656. The smallest absolute Gasteiger partial charge is 0.0690 e. The highest BCUT2D eigenvalue weighted by Crippen LogP contribution is 2.27. The first kappa shape index (κ1) is 15.8. The van der Waals surface area contributed by atoms with Crippen LogP contribution in [0.3, 0.4) is 0 Å². The topological polar surface area (TPSA) is 47.9 Å². The van der Waals surface area contributed by atoms with Crippen molar-refractivity contribution in [1.29, 1.82) is 0 Å². The summed E-state index contributed by atoms with van der Waals surface area (Å²) in [6, 6.07) is 0. The Hall–Kier alpha value is -0.160. The van der Waals surface area contributed by atoms with E-state index in [1.54, 1.807) is 14.2 Å². The Bertz CT molecular complexity index is 172. The summed E-state index contributed by atoms with van der Waals surface area (Å²) in [5.74, 6) is 0. The predicted molar refractivity (Wildman–Crippen MR) is 63.6 cm³/mol. The molecule has 0 rings (SSSR count). The summed E-state index contributed by atoms with van der Waals surface area (Å²) in [5, 5.41) is 9.02. The van der Waals surface area contributed by atoms with Crippen LogP contribution in [0.1, 0.15) is 27.2 Å². The van der Waals surface area contributed by atoms with Crippen LogP contribution in [0.25, 0.3) is 0 Å². The van der Waals surface area contributed by atoms with Crippen LogP contribution >= 0.6 is 0 Å². The van der Waals surface area contributed by atoms with Crippen LogP contribution in [0.15, 0.2) is 0 Å². The Balaban J connectivity index is 4.49. The molecular weight excluding hydrogens is 208 g/mol. The maximum Gasteiger partial charge on any atom is 0.0690 e. The molecule has 0 amide bonds. The molecule has 0 radical (unpaired) electrons. The fourth-order valence-electron chi connectivity index (χ4n) is 1.78. The van der Waals surface area contributed by atoms with Gasteiger partial charge >= 0.3 is 0 Å². The summed E-state index contributed by atoms with van der Waals surface area (Å²) in [7, 11) is 3.32. The van der Waals surface area contributed by atoms with Crippen LogP contribution in [0.2, 0.25) is 0 Å². The lowest BCUT2D eigenvalue weighted by molar-refractivity contribution is -0.104. The molecule has 16 heavy (non-hydrogen) atoms. The zero-order valence-corrected chi connectivity index (χ0v) is 11.2. The fraction of sp³-hybridized carbons (Fsp3) is 1.00. The summed E-state index contributed by atoms with van der Waals surface area (Å²) < 4.78 is 16.3.